The van der Waals surface area contributed by atoms with Crippen molar-refractivity contribution in [3.63, 3.8) is 0 Å². The summed E-state index contributed by atoms with van der Waals surface area (Å²) in [7, 11) is 1.91. The van der Waals surface area contributed by atoms with E-state index in [9.17, 15) is 9.18 Å². The largest absolute Gasteiger partial charge is 0.490 e. The maximum atomic E-state index is 13.4. The van der Waals surface area contributed by atoms with E-state index in [0.29, 0.717) is 17.5 Å². The lowest BCUT2D eigenvalue weighted by molar-refractivity contribution is -0.118. The number of benzene rings is 1. The van der Waals surface area contributed by atoms with Crippen molar-refractivity contribution >= 4 is 5.78 Å². The Labute approximate surface area is 125 Å². The maximum Gasteiger partial charge on any atom is 0.167 e. The van der Waals surface area contributed by atoms with E-state index in [2.05, 4.69) is 5.32 Å². The molecule has 2 rings (SSSR count). The van der Waals surface area contributed by atoms with Crippen LogP contribution in [0.3, 0.4) is 0 Å². The Bertz CT molecular complexity index is 459. The van der Waals surface area contributed by atoms with Crippen LogP contribution in [-0.2, 0) is 4.79 Å². The molecule has 0 radical (unpaired) electrons. The summed E-state index contributed by atoms with van der Waals surface area (Å²) in [6.07, 6.45) is 1.94. The van der Waals surface area contributed by atoms with Crippen LogP contribution in [0.1, 0.15) is 33.6 Å². The van der Waals surface area contributed by atoms with E-state index in [1.807, 2.05) is 20.9 Å². The minimum absolute atomic E-state index is 0.0614. The number of carbonyl (C=O) groups excluding carboxylic acids is 1. The molecule has 0 bridgehead atoms. The average molecular weight is 297 g/mol. The van der Waals surface area contributed by atoms with Gasteiger partial charge in [0.1, 0.15) is 30.0 Å². The predicted molar refractivity (Wildman–Crippen MR) is 80.4 cm³/mol. The standard InChI is InChI=1S/C14H18FNO3.C2H6/c1-9(17)8-18-12-3-10(15)4-13(7-12)19-14-5-11(6-14)16-2;1-2/h3-4,7,11,14,16H,5-6,8H2,1-2H3;1-2H3. The molecule has 1 fully saturated rings. The fourth-order valence-electron chi connectivity index (χ4n) is 1.96. The van der Waals surface area contributed by atoms with Gasteiger partial charge < -0.3 is 14.8 Å². The minimum atomic E-state index is -0.430. The molecule has 1 aromatic rings. The number of nitrogens with one attached hydrogen (secondary N) is 1. The minimum Gasteiger partial charge on any atom is -0.490 e. The van der Waals surface area contributed by atoms with Crippen LogP contribution in [0.4, 0.5) is 4.39 Å². The zero-order valence-electron chi connectivity index (χ0n) is 13.1. The second-order valence-electron chi connectivity index (χ2n) is 4.81. The molecule has 5 heteroatoms. The van der Waals surface area contributed by atoms with Gasteiger partial charge in [-0.25, -0.2) is 4.39 Å². The summed E-state index contributed by atoms with van der Waals surface area (Å²) in [5.74, 6) is 0.218. The number of hydrogen-bond donors (Lipinski definition) is 1. The van der Waals surface area contributed by atoms with Crippen molar-refractivity contribution in [1.29, 1.82) is 0 Å². The first-order valence-electron chi connectivity index (χ1n) is 7.33. The normalized spacial score (nSPS) is 19.9. The van der Waals surface area contributed by atoms with Gasteiger partial charge in [-0.05, 0) is 26.8 Å². The van der Waals surface area contributed by atoms with Crippen molar-refractivity contribution in [2.45, 2.75) is 45.8 Å². The third kappa shape index (κ3) is 5.71. The molecule has 0 saturated heterocycles. The van der Waals surface area contributed by atoms with Crippen LogP contribution in [0.25, 0.3) is 0 Å². The molecule has 0 amide bonds. The molecule has 0 spiro atoms. The molecule has 1 aliphatic carbocycles. The Balaban J connectivity index is 0.00000106. The first-order chi connectivity index (χ1) is 10.1. The van der Waals surface area contributed by atoms with E-state index in [-0.39, 0.29) is 18.5 Å². The number of carbonyl (C=O) groups is 1. The molecule has 21 heavy (non-hydrogen) atoms. The molecule has 0 heterocycles. The topological polar surface area (TPSA) is 47.6 Å². The molecule has 118 valence electrons. The van der Waals surface area contributed by atoms with Crippen LogP contribution in [0.15, 0.2) is 18.2 Å². The van der Waals surface area contributed by atoms with Crippen molar-refractivity contribution in [2.24, 2.45) is 0 Å². The van der Waals surface area contributed by atoms with Crippen LogP contribution in [-0.4, -0.2) is 31.6 Å². The van der Waals surface area contributed by atoms with Gasteiger partial charge in [0.25, 0.3) is 0 Å². The van der Waals surface area contributed by atoms with Crippen molar-refractivity contribution in [3.8, 4) is 11.5 Å². The fourth-order valence-corrected chi connectivity index (χ4v) is 1.96. The summed E-state index contributed by atoms with van der Waals surface area (Å²) in [4.78, 5) is 10.8. The van der Waals surface area contributed by atoms with Crippen LogP contribution in [0.2, 0.25) is 0 Å². The average Bonchev–Trinajstić information content (AvgIpc) is 2.42. The summed E-state index contributed by atoms with van der Waals surface area (Å²) in [6.45, 7) is 5.36. The Morgan fingerprint density at radius 3 is 2.48 bits per heavy atom. The first-order valence-corrected chi connectivity index (χ1v) is 7.33. The van der Waals surface area contributed by atoms with Crippen LogP contribution in [0, 0.1) is 5.82 Å². The van der Waals surface area contributed by atoms with E-state index in [4.69, 9.17) is 9.47 Å². The lowest BCUT2D eigenvalue weighted by Gasteiger charge is -2.35. The van der Waals surface area contributed by atoms with E-state index < -0.39 is 5.82 Å². The van der Waals surface area contributed by atoms with E-state index >= 15 is 0 Å². The van der Waals surface area contributed by atoms with Crippen molar-refractivity contribution in [3.05, 3.63) is 24.0 Å². The molecule has 4 nitrogen and oxygen atoms in total. The van der Waals surface area contributed by atoms with Crippen LogP contribution < -0.4 is 14.8 Å². The highest BCUT2D eigenvalue weighted by Crippen LogP contribution is 2.28. The summed E-state index contributed by atoms with van der Waals surface area (Å²) >= 11 is 0. The first kappa shape index (κ1) is 17.4. The molecule has 1 aromatic carbocycles. The van der Waals surface area contributed by atoms with Crippen LogP contribution >= 0.6 is 0 Å². The van der Waals surface area contributed by atoms with Gasteiger partial charge in [-0.3, -0.25) is 4.79 Å². The number of ether oxygens (including phenoxy) is 2. The van der Waals surface area contributed by atoms with Gasteiger partial charge in [0.2, 0.25) is 0 Å². The van der Waals surface area contributed by atoms with Gasteiger partial charge in [0.05, 0.1) is 0 Å². The second-order valence-corrected chi connectivity index (χ2v) is 4.81. The van der Waals surface area contributed by atoms with Crippen molar-refractivity contribution in [1.82, 2.24) is 5.32 Å². The molecule has 0 unspecified atom stereocenters. The summed E-state index contributed by atoms with van der Waals surface area (Å²) in [5.41, 5.74) is 0. The number of rotatable bonds is 6. The van der Waals surface area contributed by atoms with Gasteiger partial charge in [0, 0.05) is 24.2 Å². The quantitative estimate of drug-likeness (QED) is 0.877. The van der Waals surface area contributed by atoms with E-state index in [1.165, 1.54) is 19.1 Å². The number of halogens is 1. The smallest absolute Gasteiger partial charge is 0.167 e. The van der Waals surface area contributed by atoms with E-state index in [0.717, 1.165) is 12.8 Å². The van der Waals surface area contributed by atoms with Gasteiger partial charge in [-0.1, -0.05) is 13.8 Å². The van der Waals surface area contributed by atoms with Gasteiger partial charge in [0.15, 0.2) is 5.78 Å². The van der Waals surface area contributed by atoms with Crippen molar-refractivity contribution in [2.75, 3.05) is 13.7 Å². The molecule has 1 saturated carbocycles. The molecule has 1 aliphatic rings. The molecule has 1 N–H and O–H groups in total. The van der Waals surface area contributed by atoms with Crippen molar-refractivity contribution < 1.29 is 18.7 Å². The van der Waals surface area contributed by atoms with Gasteiger partial charge in [-0.15, -0.1) is 0 Å². The number of Topliss-reactive ketones (excluding diaryl/α,β-unsaturated/α-hetero) is 1. The SMILES string of the molecule is CC.CNC1CC(Oc2cc(F)cc(OCC(C)=O)c2)C1. The molecular formula is C16H24FNO3. The highest BCUT2D eigenvalue weighted by Gasteiger charge is 2.29. The number of hydrogen-bond acceptors (Lipinski definition) is 4. The fraction of sp³-hybridized carbons (Fsp3) is 0.562. The zero-order valence-corrected chi connectivity index (χ0v) is 13.1. The Hall–Kier alpha value is -1.62. The Kier molecular flexibility index (Phi) is 7.15. The zero-order chi connectivity index (χ0) is 15.8. The summed E-state index contributed by atoms with van der Waals surface area (Å²) in [6, 6.07) is 4.66. The van der Waals surface area contributed by atoms with Gasteiger partial charge in [-0.2, -0.15) is 0 Å². The lowest BCUT2D eigenvalue weighted by atomic mass is 9.89. The molecule has 0 aromatic heterocycles. The highest BCUT2D eigenvalue weighted by atomic mass is 19.1. The monoisotopic (exact) mass is 297 g/mol. The third-order valence-electron chi connectivity index (χ3n) is 3.09. The lowest BCUT2D eigenvalue weighted by Crippen LogP contribution is -2.45. The molecule has 0 aliphatic heterocycles. The van der Waals surface area contributed by atoms with Gasteiger partial charge >= 0.3 is 0 Å². The number of ketones is 1. The highest BCUT2D eigenvalue weighted by molar-refractivity contribution is 5.77. The molecular weight excluding hydrogens is 273 g/mol. The summed E-state index contributed by atoms with van der Waals surface area (Å²) < 4.78 is 24.3. The second kappa shape index (κ2) is 8.62. The molecule has 0 atom stereocenters. The summed E-state index contributed by atoms with van der Waals surface area (Å²) in [5, 5.41) is 3.16. The Morgan fingerprint density at radius 1 is 1.29 bits per heavy atom. The van der Waals surface area contributed by atoms with Crippen LogP contribution in [0.5, 0.6) is 11.5 Å². The predicted octanol–water partition coefficient (Wildman–Crippen LogP) is 2.95. The van der Waals surface area contributed by atoms with E-state index in [1.54, 1.807) is 6.07 Å². The maximum absolute atomic E-state index is 13.4. The Morgan fingerprint density at radius 2 is 1.90 bits per heavy atom. The third-order valence-corrected chi connectivity index (χ3v) is 3.09.